The number of aliphatic hydroxyl groups is 1. The molecular formula is C13H14F3NO3. The van der Waals surface area contributed by atoms with Crippen molar-refractivity contribution < 1.29 is 27.8 Å². The molecular weight excluding hydrogens is 275 g/mol. The Bertz CT molecular complexity index is 501. The number of carbonyl (C=O) groups excluding carboxylic acids is 1. The largest absolute Gasteiger partial charge is 0.468 e. The van der Waals surface area contributed by atoms with Crippen molar-refractivity contribution in [1.82, 2.24) is 4.90 Å². The lowest BCUT2D eigenvalue weighted by molar-refractivity contribution is -0.146. The summed E-state index contributed by atoms with van der Waals surface area (Å²) in [7, 11) is 1.22. The molecule has 0 bridgehead atoms. The first kappa shape index (κ1) is 14.8. The van der Waals surface area contributed by atoms with Crippen molar-refractivity contribution in [2.75, 3.05) is 13.7 Å². The van der Waals surface area contributed by atoms with E-state index in [-0.39, 0.29) is 25.1 Å². The van der Waals surface area contributed by atoms with Crippen molar-refractivity contribution in [3.8, 4) is 0 Å². The summed E-state index contributed by atoms with van der Waals surface area (Å²) in [6.07, 6.45) is -0.520. The molecule has 0 spiro atoms. The van der Waals surface area contributed by atoms with Gasteiger partial charge in [-0.2, -0.15) is 0 Å². The number of hydrogen-bond donors (Lipinski definition) is 1. The lowest BCUT2D eigenvalue weighted by Gasteiger charge is -2.22. The highest BCUT2D eigenvalue weighted by molar-refractivity contribution is 5.76. The second kappa shape index (κ2) is 5.80. The first-order chi connectivity index (χ1) is 9.42. The lowest BCUT2D eigenvalue weighted by Crippen LogP contribution is -2.36. The second-order valence-corrected chi connectivity index (χ2v) is 4.73. The minimum absolute atomic E-state index is 0.0188. The van der Waals surface area contributed by atoms with Gasteiger partial charge in [-0.05, 0) is 17.7 Å². The number of methoxy groups -OCH3 is 1. The van der Waals surface area contributed by atoms with E-state index in [9.17, 15) is 23.1 Å². The molecule has 7 heteroatoms. The SMILES string of the molecule is COC(=O)[C@@H]1C[C@H](O)CN1Cc1cc(F)c(F)c(F)c1. The number of aliphatic hydroxyl groups excluding tert-OH is 1. The number of rotatable bonds is 3. The summed E-state index contributed by atoms with van der Waals surface area (Å²) in [4.78, 5) is 13.1. The Morgan fingerprint density at radius 3 is 2.55 bits per heavy atom. The molecule has 2 atom stereocenters. The second-order valence-electron chi connectivity index (χ2n) is 4.73. The summed E-state index contributed by atoms with van der Waals surface area (Å²) in [6, 6.07) is 1.07. The third-order valence-electron chi connectivity index (χ3n) is 3.28. The first-order valence-electron chi connectivity index (χ1n) is 6.05. The molecule has 0 radical (unpaired) electrons. The Kier molecular flexibility index (Phi) is 4.29. The number of likely N-dealkylation sites (tertiary alicyclic amines) is 1. The molecule has 0 unspecified atom stereocenters. The van der Waals surface area contributed by atoms with Crippen LogP contribution in [0.4, 0.5) is 13.2 Å². The Hall–Kier alpha value is -1.60. The predicted molar refractivity (Wildman–Crippen MR) is 63.2 cm³/mol. The molecule has 1 N–H and O–H groups in total. The van der Waals surface area contributed by atoms with Crippen molar-refractivity contribution in [3.05, 3.63) is 35.1 Å². The summed E-state index contributed by atoms with van der Waals surface area (Å²) in [5, 5.41) is 9.59. The topological polar surface area (TPSA) is 49.8 Å². The van der Waals surface area contributed by atoms with Gasteiger partial charge in [-0.3, -0.25) is 9.69 Å². The highest BCUT2D eigenvalue weighted by atomic mass is 19.2. The number of halogens is 3. The number of esters is 1. The molecule has 20 heavy (non-hydrogen) atoms. The van der Waals surface area contributed by atoms with Gasteiger partial charge in [0.1, 0.15) is 6.04 Å². The Morgan fingerprint density at radius 2 is 2.00 bits per heavy atom. The van der Waals surface area contributed by atoms with Crippen LogP contribution in [0.5, 0.6) is 0 Å². The first-order valence-corrected chi connectivity index (χ1v) is 6.05. The van der Waals surface area contributed by atoms with Gasteiger partial charge in [0, 0.05) is 19.5 Å². The van der Waals surface area contributed by atoms with Gasteiger partial charge in [0.05, 0.1) is 13.2 Å². The van der Waals surface area contributed by atoms with E-state index in [1.807, 2.05) is 0 Å². The fourth-order valence-electron chi connectivity index (χ4n) is 2.37. The highest BCUT2D eigenvalue weighted by Crippen LogP contribution is 2.23. The average molecular weight is 289 g/mol. The van der Waals surface area contributed by atoms with Crippen LogP contribution in [0.1, 0.15) is 12.0 Å². The fraction of sp³-hybridized carbons (Fsp3) is 0.462. The van der Waals surface area contributed by atoms with E-state index in [2.05, 4.69) is 4.74 Å². The average Bonchev–Trinajstić information content (AvgIpc) is 2.75. The normalized spacial score (nSPS) is 23.1. The van der Waals surface area contributed by atoms with E-state index < -0.39 is 35.6 Å². The number of β-amino-alcohol motifs (C(OH)–C–C–N with tert-alkyl or cyclic N) is 1. The molecule has 1 aromatic rings. The van der Waals surface area contributed by atoms with E-state index in [1.165, 1.54) is 7.11 Å². The third-order valence-corrected chi connectivity index (χ3v) is 3.28. The Balaban J connectivity index is 2.18. The maximum Gasteiger partial charge on any atom is 0.323 e. The number of carbonyl (C=O) groups is 1. The molecule has 1 saturated heterocycles. The monoisotopic (exact) mass is 289 g/mol. The lowest BCUT2D eigenvalue weighted by atomic mass is 10.1. The third kappa shape index (κ3) is 2.94. The molecule has 4 nitrogen and oxygen atoms in total. The van der Waals surface area contributed by atoms with Crippen molar-refractivity contribution >= 4 is 5.97 Å². The molecule has 110 valence electrons. The minimum atomic E-state index is -1.53. The van der Waals surface area contributed by atoms with Crippen LogP contribution in [0.25, 0.3) is 0 Å². The van der Waals surface area contributed by atoms with Crippen LogP contribution in [0, 0.1) is 17.5 Å². The molecule has 1 aromatic carbocycles. The predicted octanol–water partition coefficient (Wildman–Crippen LogP) is 1.21. The summed E-state index contributed by atoms with van der Waals surface area (Å²) < 4.78 is 43.8. The van der Waals surface area contributed by atoms with Crippen molar-refractivity contribution in [2.24, 2.45) is 0 Å². The van der Waals surface area contributed by atoms with E-state index in [1.54, 1.807) is 4.90 Å². The number of nitrogens with zero attached hydrogens (tertiary/aromatic N) is 1. The molecule has 0 aliphatic carbocycles. The van der Waals surface area contributed by atoms with Crippen LogP contribution in [-0.4, -0.2) is 41.8 Å². The van der Waals surface area contributed by atoms with Gasteiger partial charge in [0.25, 0.3) is 0 Å². The van der Waals surface area contributed by atoms with E-state index in [0.717, 1.165) is 12.1 Å². The number of benzene rings is 1. The molecule has 1 aliphatic heterocycles. The van der Waals surface area contributed by atoms with Crippen LogP contribution >= 0.6 is 0 Å². The molecule has 1 aliphatic rings. The number of hydrogen-bond acceptors (Lipinski definition) is 4. The zero-order chi connectivity index (χ0) is 14.9. The molecule has 2 rings (SSSR count). The maximum absolute atomic E-state index is 13.1. The number of ether oxygens (including phenoxy) is 1. The van der Waals surface area contributed by atoms with E-state index in [0.29, 0.717) is 0 Å². The van der Waals surface area contributed by atoms with Crippen LogP contribution in [-0.2, 0) is 16.1 Å². The zero-order valence-electron chi connectivity index (χ0n) is 10.8. The highest BCUT2D eigenvalue weighted by Gasteiger charge is 2.36. The van der Waals surface area contributed by atoms with Crippen molar-refractivity contribution in [1.29, 1.82) is 0 Å². The quantitative estimate of drug-likeness (QED) is 0.671. The zero-order valence-corrected chi connectivity index (χ0v) is 10.8. The smallest absolute Gasteiger partial charge is 0.323 e. The van der Waals surface area contributed by atoms with Gasteiger partial charge in [-0.25, -0.2) is 13.2 Å². The van der Waals surface area contributed by atoms with Crippen LogP contribution < -0.4 is 0 Å². The molecule has 0 aromatic heterocycles. The standard InChI is InChI=1S/C13H14F3NO3/c1-20-13(19)11-4-8(18)6-17(11)5-7-2-9(14)12(16)10(15)3-7/h2-3,8,11,18H,4-6H2,1H3/t8-,11-/m0/s1. The van der Waals surface area contributed by atoms with Crippen molar-refractivity contribution in [2.45, 2.75) is 25.1 Å². The summed E-state index contributed by atoms with van der Waals surface area (Å²) in [5.41, 5.74) is 0.185. The molecule has 1 heterocycles. The fourth-order valence-corrected chi connectivity index (χ4v) is 2.37. The van der Waals surface area contributed by atoms with Gasteiger partial charge in [0.2, 0.25) is 0 Å². The van der Waals surface area contributed by atoms with Gasteiger partial charge in [0.15, 0.2) is 17.5 Å². The van der Waals surface area contributed by atoms with Crippen LogP contribution in [0.2, 0.25) is 0 Å². The summed E-state index contributed by atoms with van der Waals surface area (Å²) in [5.74, 6) is -4.62. The Morgan fingerprint density at radius 1 is 1.40 bits per heavy atom. The van der Waals surface area contributed by atoms with E-state index >= 15 is 0 Å². The van der Waals surface area contributed by atoms with Crippen molar-refractivity contribution in [3.63, 3.8) is 0 Å². The summed E-state index contributed by atoms with van der Waals surface area (Å²) in [6.45, 7) is 0.200. The van der Waals surface area contributed by atoms with Gasteiger partial charge < -0.3 is 9.84 Å². The van der Waals surface area contributed by atoms with Gasteiger partial charge in [-0.15, -0.1) is 0 Å². The van der Waals surface area contributed by atoms with Crippen LogP contribution in [0.15, 0.2) is 12.1 Å². The molecule has 0 amide bonds. The van der Waals surface area contributed by atoms with Gasteiger partial charge >= 0.3 is 5.97 Å². The van der Waals surface area contributed by atoms with E-state index in [4.69, 9.17) is 0 Å². The van der Waals surface area contributed by atoms with Gasteiger partial charge in [-0.1, -0.05) is 0 Å². The summed E-state index contributed by atoms with van der Waals surface area (Å²) >= 11 is 0. The maximum atomic E-state index is 13.1. The minimum Gasteiger partial charge on any atom is -0.468 e. The molecule has 1 fully saturated rings. The Labute approximate surface area is 113 Å². The molecule has 0 saturated carbocycles. The van der Waals surface area contributed by atoms with Crippen LogP contribution in [0.3, 0.4) is 0 Å².